The van der Waals surface area contributed by atoms with Crippen molar-refractivity contribution in [2.24, 2.45) is 0 Å². The van der Waals surface area contributed by atoms with Gasteiger partial charge in [-0.25, -0.2) is 8.42 Å². The summed E-state index contributed by atoms with van der Waals surface area (Å²) >= 11 is 0. The van der Waals surface area contributed by atoms with Crippen molar-refractivity contribution in [1.29, 1.82) is 0 Å². The van der Waals surface area contributed by atoms with Crippen LogP contribution in [-0.2, 0) is 10.0 Å². The Kier molecular flexibility index (Phi) is 5.59. The molecule has 1 atom stereocenters. The molecule has 0 radical (unpaired) electrons. The van der Waals surface area contributed by atoms with E-state index >= 15 is 0 Å². The Labute approximate surface area is 166 Å². The first kappa shape index (κ1) is 20.5. The van der Waals surface area contributed by atoms with Crippen LogP contribution in [0, 0.1) is 17.0 Å². The Balaban J connectivity index is 1.99. The number of non-ortho nitro benzene ring substituents is 1. The van der Waals surface area contributed by atoms with E-state index in [-0.39, 0.29) is 16.5 Å². The van der Waals surface area contributed by atoms with Crippen molar-refractivity contribution in [3.63, 3.8) is 0 Å². The summed E-state index contributed by atoms with van der Waals surface area (Å²) in [5.74, 6) is 0.133. The third-order valence-electron chi connectivity index (χ3n) is 6.04. The van der Waals surface area contributed by atoms with Gasteiger partial charge in [-0.15, -0.1) is 0 Å². The van der Waals surface area contributed by atoms with Gasteiger partial charge >= 0.3 is 0 Å². The summed E-state index contributed by atoms with van der Waals surface area (Å²) < 4.78 is 28.5. The molecule has 1 aliphatic rings. The van der Waals surface area contributed by atoms with Gasteiger partial charge in [-0.1, -0.05) is 43.7 Å². The normalized spacial score (nSPS) is 19.6. The van der Waals surface area contributed by atoms with Crippen LogP contribution in [0.3, 0.4) is 0 Å². The molecule has 1 saturated heterocycles. The maximum atomic E-state index is 13.4. The lowest BCUT2D eigenvalue weighted by Crippen LogP contribution is -2.46. The molecule has 28 heavy (non-hydrogen) atoms. The molecule has 0 saturated carbocycles. The zero-order valence-corrected chi connectivity index (χ0v) is 17.3. The zero-order chi connectivity index (χ0) is 20.5. The molecular weight excluding hydrogens is 376 g/mol. The molecule has 1 fully saturated rings. The molecule has 1 unspecified atom stereocenters. The second-order valence-electron chi connectivity index (χ2n) is 7.53. The number of hydrogen-bond donors (Lipinski definition) is 0. The van der Waals surface area contributed by atoms with Gasteiger partial charge in [0.25, 0.3) is 5.69 Å². The summed E-state index contributed by atoms with van der Waals surface area (Å²) in [5.41, 5.74) is 1.76. The monoisotopic (exact) mass is 402 g/mol. The minimum absolute atomic E-state index is 0.105. The average Bonchev–Trinajstić information content (AvgIpc) is 3.10. The number of rotatable bonds is 6. The summed E-state index contributed by atoms with van der Waals surface area (Å²) in [6, 6.07) is 13.5. The summed E-state index contributed by atoms with van der Waals surface area (Å²) in [5, 5.41) is 10.9. The second-order valence-corrected chi connectivity index (χ2v) is 9.39. The van der Waals surface area contributed by atoms with E-state index in [0.29, 0.717) is 6.54 Å². The van der Waals surface area contributed by atoms with E-state index in [4.69, 9.17) is 0 Å². The highest BCUT2D eigenvalue weighted by Crippen LogP contribution is 2.46. The van der Waals surface area contributed by atoms with Crippen molar-refractivity contribution in [2.75, 3.05) is 6.54 Å². The standard InChI is InChI=1S/C21H26N2O4S/c1-4-21(5-2)14-18(17-8-6-16(3)7-9-17)15-22(21)28(26,27)20-12-10-19(11-13-20)23(24)25/h6-13,18H,4-5,14-15H2,1-3H3. The Morgan fingerprint density at radius 3 is 2.14 bits per heavy atom. The minimum Gasteiger partial charge on any atom is -0.258 e. The average molecular weight is 403 g/mol. The lowest BCUT2D eigenvalue weighted by atomic mass is 9.85. The second kappa shape index (κ2) is 7.64. The SMILES string of the molecule is CCC1(CC)CC(c2ccc(C)cc2)CN1S(=O)(=O)c1ccc([N+](=O)[O-])cc1. The number of nitrogens with zero attached hydrogens (tertiary/aromatic N) is 2. The van der Waals surface area contributed by atoms with Crippen LogP contribution in [0.5, 0.6) is 0 Å². The molecule has 1 aliphatic heterocycles. The molecule has 7 heteroatoms. The molecule has 0 N–H and O–H groups in total. The number of benzene rings is 2. The summed E-state index contributed by atoms with van der Waals surface area (Å²) in [4.78, 5) is 10.5. The number of sulfonamides is 1. The third-order valence-corrected chi connectivity index (χ3v) is 8.03. The van der Waals surface area contributed by atoms with Crippen LogP contribution in [0.2, 0.25) is 0 Å². The quantitative estimate of drug-likeness (QED) is 0.521. The molecule has 0 spiro atoms. The van der Waals surface area contributed by atoms with Crippen LogP contribution in [0.15, 0.2) is 53.4 Å². The van der Waals surface area contributed by atoms with Crippen LogP contribution in [0.4, 0.5) is 5.69 Å². The lowest BCUT2D eigenvalue weighted by molar-refractivity contribution is -0.384. The van der Waals surface area contributed by atoms with Crippen molar-refractivity contribution in [1.82, 2.24) is 4.31 Å². The largest absolute Gasteiger partial charge is 0.269 e. The summed E-state index contributed by atoms with van der Waals surface area (Å²) in [7, 11) is -3.75. The molecule has 150 valence electrons. The highest BCUT2D eigenvalue weighted by molar-refractivity contribution is 7.89. The first-order valence-corrected chi connectivity index (χ1v) is 11.0. The fourth-order valence-electron chi connectivity index (χ4n) is 4.19. The molecular formula is C21H26N2O4S. The Bertz CT molecular complexity index is 949. The molecule has 0 bridgehead atoms. The van der Waals surface area contributed by atoms with E-state index in [1.165, 1.54) is 29.8 Å². The topological polar surface area (TPSA) is 80.5 Å². The summed E-state index contributed by atoms with van der Waals surface area (Å²) in [6.45, 7) is 6.51. The number of aryl methyl sites for hydroxylation is 1. The van der Waals surface area contributed by atoms with Crippen molar-refractivity contribution >= 4 is 15.7 Å². The van der Waals surface area contributed by atoms with E-state index in [1.807, 2.05) is 20.8 Å². The lowest BCUT2D eigenvalue weighted by Gasteiger charge is -2.36. The van der Waals surface area contributed by atoms with Crippen molar-refractivity contribution < 1.29 is 13.3 Å². The molecule has 0 amide bonds. The maximum Gasteiger partial charge on any atom is 0.269 e. The van der Waals surface area contributed by atoms with Crippen LogP contribution < -0.4 is 0 Å². The first-order valence-electron chi connectivity index (χ1n) is 9.57. The van der Waals surface area contributed by atoms with Gasteiger partial charge in [0.2, 0.25) is 10.0 Å². The van der Waals surface area contributed by atoms with E-state index < -0.39 is 20.5 Å². The van der Waals surface area contributed by atoms with Crippen LogP contribution in [-0.4, -0.2) is 29.7 Å². The van der Waals surface area contributed by atoms with Crippen LogP contribution in [0.1, 0.15) is 50.2 Å². The van der Waals surface area contributed by atoms with E-state index in [0.717, 1.165) is 24.8 Å². The van der Waals surface area contributed by atoms with Gasteiger partial charge in [-0.2, -0.15) is 4.31 Å². The van der Waals surface area contributed by atoms with Crippen LogP contribution >= 0.6 is 0 Å². The molecule has 2 aromatic rings. The van der Waals surface area contributed by atoms with Gasteiger partial charge in [0.05, 0.1) is 9.82 Å². The highest BCUT2D eigenvalue weighted by Gasteiger charge is 2.49. The van der Waals surface area contributed by atoms with Crippen molar-refractivity contribution in [2.45, 2.75) is 56.4 Å². The third kappa shape index (κ3) is 3.56. The van der Waals surface area contributed by atoms with Crippen molar-refractivity contribution in [3.05, 3.63) is 69.8 Å². The van der Waals surface area contributed by atoms with Gasteiger partial charge in [-0.05, 0) is 49.8 Å². The zero-order valence-electron chi connectivity index (χ0n) is 16.5. The molecule has 3 rings (SSSR count). The van der Waals surface area contributed by atoms with Gasteiger partial charge in [0.15, 0.2) is 0 Å². The number of nitro benzene ring substituents is 1. The van der Waals surface area contributed by atoms with Gasteiger partial charge in [0.1, 0.15) is 0 Å². The van der Waals surface area contributed by atoms with Crippen molar-refractivity contribution in [3.8, 4) is 0 Å². The van der Waals surface area contributed by atoms with Gasteiger partial charge < -0.3 is 0 Å². The molecule has 1 heterocycles. The van der Waals surface area contributed by atoms with Gasteiger partial charge in [-0.3, -0.25) is 10.1 Å². The van der Waals surface area contributed by atoms with Gasteiger partial charge in [0, 0.05) is 24.2 Å². The van der Waals surface area contributed by atoms with E-state index in [9.17, 15) is 18.5 Å². The molecule has 0 aliphatic carbocycles. The Morgan fingerprint density at radius 2 is 1.64 bits per heavy atom. The molecule has 6 nitrogen and oxygen atoms in total. The molecule has 0 aromatic heterocycles. The predicted molar refractivity (Wildman–Crippen MR) is 109 cm³/mol. The first-order chi connectivity index (χ1) is 13.2. The van der Waals surface area contributed by atoms with Crippen LogP contribution in [0.25, 0.3) is 0 Å². The maximum absolute atomic E-state index is 13.4. The fourth-order valence-corrected chi connectivity index (χ4v) is 6.15. The molecule has 2 aromatic carbocycles. The predicted octanol–water partition coefficient (Wildman–Crippen LogP) is 4.64. The summed E-state index contributed by atoms with van der Waals surface area (Å²) in [6.07, 6.45) is 2.21. The Hall–Kier alpha value is -2.25. The fraction of sp³-hybridized carbons (Fsp3) is 0.429. The van der Waals surface area contributed by atoms with E-state index in [1.54, 1.807) is 4.31 Å². The van der Waals surface area contributed by atoms with E-state index in [2.05, 4.69) is 24.3 Å². The Morgan fingerprint density at radius 1 is 1.07 bits per heavy atom. The number of nitro groups is 1. The highest BCUT2D eigenvalue weighted by atomic mass is 32.2. The number of hydrogen-bond acceptors (Lipinski definition) is 4. The smallest absolute Gasteiger partial charge is 0.258 e. The minimum atomic E-state index is -3.75.